The number of β-amino-alcohol motifs (C(OH)–C–C–N with tert-alkyl or cyclic N) is 1. The van der Waals surface area contributed by atoms with E-state index < -0.39 is 0 Å². The summed E-state index contributed by atoms with van der Waals surface area (Å²) >= 11 is 0. The van der Waals surface area contributed by atoms with Gasteiger partial charge in [-0.1, -0.05) is 24.3 Å². The zero-order chi connectivity index (χ0) is 14.5. The summed E-state index contributed by atoms with van der Waals surface area (Å²) in [5.41, 5.74) is 3.57. The lowest BCUT2D eigenvalue weighted by atomic mass is 10.0. The van der Waals surface area contributed by atoms with Gasteiger partial charge in [0.15, 0.2) is 0 Å². The predicted molar refractivity (Wildman–Crippen MR) is 91.0 cm³/mol. The number of nitrogens with one attached hydrogen (secondary N) is 2. The topological polar surface area (TPSA) is 57.2 Å². The highest BCUT2D eigenvalue weighted by Gasteiger charge is 2.23. The first-order valence-electron chi connectivity index (χ1n) is 7.42. The normalized spacial score (nSPS) is 20.6. The summed E-state index contributed by atoms with van der Waals surface area (Å²) in [6, 6.07) is 12.5. The van der Waals surface area contributed by atoms with Crippen LogP contribution in [0, 0.1) is 5.92 Å². The van der Waals surface area contributed by atoms with E-state index >= 15 is 0 Å². The van der Waals surface area contributed by atoms with E-state index in [2.05, 4.69) is 45.9 Å². The van der Waals surface area contributed by atoms with Gasteiger partial charge in [-0.3, -0.25) is 4.98 Å². The number of hydrogen-bond acceptors (Lipinski definition) is 4. The van der Waals surface area contributed by atoms with Crippen molar-refractivity contribution in [2.24, 2.45) is 5.92 Å². The molecule has 0 spiro atoms. The number of benzene rings is 1. The van der Waals surface area contributed by atoms with Gasteiger partial charge in [-0.2, -0.15) is 0 Å². The van der Waals surface area contributed by atoms with Crippen molar-refractivity contribution >= 4 is 12.4 Å². The molecule has 3 rings (SSSR count). The van der Waals surface area contributed by atoms with E-state index in [1.807, 2.05) is 12.3 Å². The van der Waals surface area contributed by atoms with Gasteiger partial charge in [-0.25, -0.2) is 0 Å². The second-order valence-electron chi connectivity index (χ2n) is 5.56. The van der Waals surface area contributed by atoms with Gasteiger partial charge < -0.3 is 15.7 Å². The Kier molecular flexibility index (Phi) is 6.34. The van der Waals surface area contributed by atoms with Gasteiger partial charge in [0.1, 0.15) is 0 Å². The summed E-state index contributed by atoms with van der Waals surface area (Å²) in [6.45, 7) is 3.26. The van der Waals surface area contributed by atoms with Crippen molar-refractivity contribution in [2.75, 3.05) is 19.6 Å². The van der Waals surface area contributed by atoms with Gasteiger partial charge >= 0.3 is 0 Å². The Morgan fingerprint density at radius 2 is 2.05 bits per heavy atom. The highest BCUT2D eigenvalue weighted by atomic mass is 35.5. The molecule has 0 saturated carbocycles. The van der Waals surface area contributed by atoms with Crippen molar-refractivity contribution in [3.05, 3.63) is 54.4 Å². The fourth-order valence-corrected chi connectivity index (χ4v) is 2.72. The molecule has 1 aromatic heterocycles. The molecule has 2 heterocycles. The Morgan fingerprint density at radius 3 is 2.77 bits per heavy atom. The Labute approximate surface area is 137 Å². The van der Waals surface area contributed by atoms with E-state index in [4.69, 9.17) is 0 Å². The Morgan fingerprint density at radius 1 is 1.18 bits per heavy atom. The summed E-state index contributed by atoms with van der Waals surface area (Å²) < 4.78 is 0. The maximum absolute atomic E-state index is 9.77. The molecule has 1 fully saturated rings. The minimum absolute atomic E-state index is 0. The van der Waals surface area contributed by atoms with Gasteiger partial charge in [0.05, 0.1) is 6.10 Å². The number of hydrogen-bond donors (Lipinski definition) is 3. The number of aromatic nitrogens is 1. The summed E-state index contributed by atoms with van der Waals surface area (Å²) in [5.74, 6) is 0.312. The molecule has 5 heteroatoms. The van der Waals surface area contributed by atoms with Gasteiger partial charge in [-0.05, 0) is 28.8 Å². The minimum atomic E-state index is -0.223. The standard InChI is InChI=1S/C17H21N3O.ClH/c21-17-12-20-11-16(17)10-19-8-13-3-1-4-14(7-13)15-5-2-6-18-9-15;/h1-7,9,16-17,19-21H,8,10-12H2;1H. The first-order valence-corrected chi connectivity index (χ1v) is 7.42. The molecule has 2 aromatic rings. The van der Waals surface area contributed by atoms with Gasteiger partial charge in [0.25, 0.3) is 0 Å². The maximum Gasteiger partial charge on any atom is 0.0716 e. The second kappa shape index (κ2) is 8.25. The first-order chi connectivity index (χ1) is 10.3. The highest BCUT2D eigenvalue weighted by molar-refractivity contribution is 5.85. The number of rotatable bonds is 5. The summed E-state index contributed by atoms with van der Waals surface area (Å²) in [5, 5.41) is 16.4. The van der Waals surface area contributed by atoms with Crippen LogP contribution in [0.5, 0.6) is 0 Å². The summed E-state index contributed by atoms with van der Waals surface area (Å²) in [7, 11) is 0. The first kappa shape index (κ1) is 16.9. The van der Waals surface area contributed by atoms with E-state index in [0.717, 1.165) is 25.2 Å². The van der Waals surface area contributed by atoms with E-state index in [9.17, 15) is 5.11 Å². The molecular weight excluding hydrogens is 298 g/mol. The SMILES string of the molecule is Cl.OC1CNCC1CNCc1cccc(-c2cccnc2)c1. The third-order valence-electron chi connectivity index (χ3n) is 3.96. The molecule has 0 bridgehead atoms. The van der Waals surface area contributed by atoms with E-state index in [1.165, 1.54) is 11.1 Å². The summed E-state index contributed by atoms with van der Waals surface area (Å²) in [4.78, 5) is 4.16. The fraction of sp³-hybridized carbons (Fsp3) is 0.353. The van der Waals surface area contributed by atoms with Crippen molar-refractivity contribution in [3.8, 4) is 11.1 Å². The largest absolute Gasteiger partial charge is 0.391 e. The molecule has 2 unspecified atom stereocenters. The molecular formula is C17H22ClN3O. The number of nitrogens with zero attached hydrogens (tertiary/aromatic N) is 1. The Bertz CT molecular complexity index is 579. The van der Waals surface area contributed by atoms with E-state index in [-0.39, 0.29) is 18.5 Å². The molecule has 0 amide bonds. The monoisotopic (exact) mass is 319 g/mol. The van der Waals surface area contributed by atoms with Crippen molar-refractivity contribution in [3.63, 3.8) is 0 Å². The zero-order valence-electron chi connectivity index (χ0n) is 12.4. The van der Waals surface area contributed by atoms with Crippen LogP contribution in [0.15, 0.2) is 48.8 Å². The number of aliphatic hydroxyl groups excluding tert-OH is 1. The highest BCUT2D eigenvalue weighted by Crippen LogP contribution is 2.19. The lowest BCUT2D eigenvalue weighted by molar-refractivity contribution is 0.146. The molecule has 4 nitrogen and oxygen atoms in total. The Balaban J connectivity index is 0.00000176. The molecule has 22 heavy (non-hydrogen) atoms. The smallest absolute Gasteiger partial charge is 0.0716 e. The van der Waals surface area contributed by atoms with Crippen molar-refractivity contribution < 1.29 is 5.11 Å². The third-order valence-corrected chi connectivity index (χ3v) is 3.96. The molecule has 1 aliphatic rings. The van der Waals surface area contributed by atoms with Crippen LogP contribution in [0.3, 0.4) is 0 Å². The van der Waals surface area contributed by atoms with Gasteiger partial charge in [0, 0.05) is 44.5 Å². The van der Waals surface area contributed by atoms with Crippen LogP contribution in [0.2, 0.25) is 0 Å². The lowest BCUT2D eigenvalue weighted by Gasteiger charge is -2.14. The minimum Gasteiger partial charge on any atom is -0.391 e. The van der Waals surface area contributed by atoms with Crippen molar-refractivity contribution in [1.29, 1.82) is 0 Å². The van der Waals surface area contributed by atoms with Crippen molar-refractivity contribution in [2.45, 2.75) is 12.6 Å². The second-order valence-corrected chi connectivity index (χ2v) is 5.56. The molecule has 0 radical (unpaired) electrons. The average molecular weight is 320 g/mol. The van der Waals surface area contributed by atoms with Crippen LogP contribution in [0.1, 0.15) is 5.56 Å². The van der Waals surface area contributed by atoms with Crippen LogP contribution in [-0.4, -0.2) is 35.8 Å². The maximum atomic E-state index is 9.77. The number of pyridine rings is 1. The van der Waals surface area contributed by atoms with Crippen LogP contribution in [0.4, 0.5) is 0 Å². The van der Waals surface area contributed by atoms with Crippen LogP contribution < -0.4 is 10.6 Å². The van der Waals surface area contributed by atoms with Crippen molar-refractivity contribution in [1.82, 2.24) is 15.6 Å². The molecule has 1 saturated heterocycles. The number of halogens is 1. The Hall–Kier alpha value is -1.46. The quantitative estimate of drug-likeness (QED) is 0.787. The molecule has 2 atom stereocenters. The third kappa shape index (κ3) is 4.27. The molecule has 118 valence electrons. The number of aliphatic hydroxyl groups is 1. The van der Waals surface area contributed by atoms with Crippen LogP contribution in [0.25, 0.3) is 11.1 Å². The molecule has 1 aliphatic heterocycles. The molecule has 3 N–H and O–H groups in total. The fourth-order valence-electron chi connectivity index (χ4n) is 2.72. The zero-order valence-corrected chi connectivity index (χ0v) is 13.2. The van der Waals surface area contributed by atoms with Gasteiger partial charge in [-0.15, -0.1) is 12.4 Å². The lowest BCUT2D eigenvalue weighted by Crippen LogP contribution is -2.30. The average Bonchev–Trinajstić information content (AvgIpc) is 2.94. The summed E-state index contributed by atoms with van der Waals surface area (Å²) in [6.07, 6.45) is 3.45. The van der Waals surface area contributed by atoms with E-state index in [0.29, 0.717) is 12.5 Å². The van der Waals surface area contributed by atoms with Crippen LogP contribution in [-0.2, 0) is 6.54 Å². The molecule has 1 aromatic carbocycles. The molecule has 0 aliphatic carbocycles. The van der Waals surface area contributed by atoms with E-state index in [1.54, 1.807) is 6.20 Å². The predicted octanol–water partition coefficient (Wildman–Crippen LogP) is 1.84. The van der Waals surface area contributed by atoms with Crippen LogP contribution >= 0.6 is 12.4 Å². The van der Waals surface area contributed by atoms with Gasteiger partial charge in [0.2, 0.25) is 0 Å².